The van der Waals surface area contributed by atoms with Gasteiger partial charge in [0.2, 0.25) is 0 Å². The number of imidazole rings is 1. The number of nitrogens with zero attached hydrogens (tertiary/aromatic N) is 2. The standard InChI is InChI=1S/C12H20N2O3/c1-6-14-9(2)7-13(11(14)16)8-10(15)17-12(3,4)5/h7H,6,8H2,1-5H3. The first-order valence-electron chi connectivity index (χ1n) is 5.73. The van der Waals surface area contributed by atoms with E-state index in [1.807, 2.05) is 13.8 Å². The Labute approximate surface area is 101 Å². The van der Waals surface area contributed by atoms with Gasteiger partial charge in [0.25, 0.3) is 0 Å². The molecule has 0 saturated carbocycles. The largest absolute Gasteiger partial charge is 0.459 e. The van der Waals surface area contributed by atoms with E-state index in [2.05, 4.69) is 0 Å². The summed E-state index contributed by atoms with van der Waals surface area (Å²) in [5.74, 6) is -0.396. The van der Waals surface area contributed by atoms with Gasteiger partial charge in [-0.05, 0) is 34.6 Å². The van der Waals surface area contributed by atoms with Crippen molar-refractivity contribution in [1.29, 1.82) is 0 Å². The number of hydrogen-bond donors (Lipinski definition) is 0. The van der Waals surface area contributed by atoms with Crippen LogP contribution in [0.4, 0.5) is 0 Å². The summed E-state index contributed by atoms with van der Waals surface area (Å²) in [4.78, 5) is 23.4. The normalized spacial score (nSPS) is 11.6. The average molecular weight is 240 g/mol. The zero-order valence-electron chi connectivity index (χ0n) is 11.1. The maximum absolute atomic E-state index is 11.8. The van der Waals surface area contributed by atoms with Gasteiger partial charge in [0.15, 0.2) is 0 Å². The molecule has 0 aromatic carbocycles. The van der Waals surface area contributed by atoms with Crippen molar-refractivity contribution in [2.24, 2.45) is 0 Å². The van der Waals surface area contributed by atoms with Gasteiger partial charge in [-0.25, -0.2) is 4.79 Å². The molecule has 1 aromatic heterocycles. The van der Waals surface area contributed by atoms with E-state index in [-0.39, 0.29) is 12.2 Å². The molecule has 0 aliphatic rings. The predicted octanol–water partition coefficient (Wildman–Crippen LogP) is 1.32. The third kappa shape index (κ3) is 3.47. The van der Waals surface area contributed by atoms with Gasteiger partial charge in [0, 0.05) is 18.4 Å². The highest BCUT2D eigenvalue weighted by atomic mass is 16.6. The van der Waals surface area contributed by atoms with Crippen LogP contribution in [-0.2, 0) is 22.6 Å². The van der Waals surface area contributed by atoms with Gasteiger partial charge in [0.1, 0.15) is 12.1 Å². The van der Waals surface area contributed by atoms with Crippen LogP contribution < -0.4 is 5.69 Å². The number of carbonyl (C=O) groups excluding carboxylic acids is 1. The highest BCUT2D eigenvalue weighted by molar-refractivity contribution is 5.69. The molecule has 17 heavy (non-hydrogen) atoms. The molecule has 5 heteroatoms. The summed E-state index contributed by atoms with van der Waals surface area (Å²) >= 11 is 0. The molecule has 0 aliphatic carbocycles. The van der Waals surface area contributed by atoms with Crippen molar-refractivity contribution in [2.45, 2.75) is 53.3 Å². The highest BCUT2D eigenvalue weighted by Gasteiger charge is 2.18. The third-order valence-corrected chi connectivity index (χ3v) is 2.28. The fraction of sp³-hybridized carbons (Fsp3) is 0.667. The van der Waals surface area contributed by atoms with Crippen LogP contribution in [0, 0.1) is 6.92 Å². The monoisotopic (exact) mass is 240 g/mol. The maximum Gasteiger partial charge on any atom is 0.328 e. The van der Waals surface area contributed by atoms with Crippen LogP contribution in [0.2, 0.25) is 0 Å². The van der Waals surface area contributed by atoms with Gasteiger partial charge in [-0.3, -0.25) is 13.9 Å². The summed E-state index contributed by atoms with van der Waals surface area (Å²) in [6.45, 7) is 9.71. The van der Waals surface area contributed by atoms with Crippen molar-refractivity contribution in [3.63, 3.8) is 0 Å². The molecule has 96 valence electrons. The van der Waals surface area contributed by atoms with Gasteiger partial charge in [-0.15, -0.1) is 0 Å². The number of esters is 1. The smallest absolute Gasteiger partial charge is 0.328 e. The van der Waals surface area contributed by atoms with E-state index in [0.29, 0.717) is 6.54 Å². The second-order valence-electron chi connectivity index (χ2n) is 5.01. The fourth-order valence-corrected chi connectivity index (χ4v) is 1.67. The minimum Gasteiger partial charge on any atom is -0.459 e. The molecule has 0 bridgehead atoms. The number of hydrogen-bond acceptors (Lipinski definition) is 3. The molecule has 0 fully saturated rings. The van der Waals surface area contributed by atoms with Crippen LogP contribution in [0.1, 0.15) is 33.4 Å². The molecule has 0 saturated heterocycles. The average Bonchev–Trinajstić information content (AvgIpc) is 2.38. The van der Waals surface area contributed by atoms with Crippen LogP contribution in [0.5, 0.6) is 0 Å². The molecule has 0 radical (unpaired) electrons. The lowest BCUT2D eigenvalue weighted by molar-refractivity contribution is -0.155. The number of rotatable bonds is 3. The van der Waals surface area contributed by atoms with Crippen molar-refractivity contribution < 1.29 is 9.53 Å². The maximum atomic E-state index is 11.8. The summed E-state index contributed by atoms with van der Waals surface area (Å²) in [5.41, 5.74) is 0.153. The molecule has 5 nitrogen and oxygen atoms in total. The van der Waals surface area contributed by atoms with E-state index in [0.717, 1.165) is 5.69 Å². The zero-order chi connectivity index (χ0) is 13.2. The minimum absolute atomic E-state index is 0.0378. The number of aromatic nitrogens is 2. The van der Waals surface area contributed by atoms with Crippen LogP contribution >= 0.6 is 0 Å². The molecule has 1 aromatic rings. The van der Waals surface area contributed by atoms with E-state index in [9.17, 15) is 9.59 Å². The molecule has 1 heterocycles. The summed E-state index contributed by atoms with van der Waals surface area (Å²) in [7, 11) is 0. The Balaban J connectivity index is 2.83. The van der Waals surface area contributed by atoms with Gasteiger partial charge in [-0.2, -0.15) is 0 Å². The Morgan fingerprint density at radius 3 is 2.41 bits per heavy atom. The molecule has 0 N–H and O–H groups in total. The van der Waals surface area contributed by atoms with Crippen molar-refractivity contribution >= 4 is 5.97 Å². The third-order valence-electron chi connectivity index (χ3n) is 2.28. The molecule has 1 rings (SSSR count). The molecular formula is C12H20N2O3. The van der Waals surface area contributed by atoms with Crippen LogP contribution in [-0.4, -0.2) is 20.7 Å². The molecule has 0 unspecified atom stereocenters. The van der Waals surface area contributed by atoms with E-state index < -0.39 is 11.6 Å². The number of aryl methyl sites for hydroxylation is 1. The van der Waals surface area contributed by atoms with Crippen LogP contribution in [0.15, 0.2) is 11.0 Å². The minimum atomic E-state index is -0.525. The van der Waals surface area contributed by atoms with Crippen molar-refractivity contribution in [2.75, 3.05) is 0 Å². The first-order chi connectivity index (χ1) is 7.74. The van der Waals surface area contributed by atoms with E-state index >= 15 is 0 Å². The summed E-state index contributed by atoms with van der Waals surface area (Å²) < 4.78 is 8.17. The Hall–Kier alpha value is -1.52. The lowest BCUT2D eigenvalue weighted by Crippen LogP contribution is -2.31. The molecular weight excluding hydrogens is 220 g/mol. The first-order valence-corrected chi connectivity index (χ1v) is 5.73. The Morgan fingerprint density at radius 2 is 2.00 bits per heavy atom. The Bertz CT molecular complexity index is 463. The first kappa shape index (κ1) is 13.5. The zero-order valence-corrected chi connectivity index (χ0v) is 11.1. The van der Waals surface area contributed by atoms with Gasteiger partial charge in [0.05, 0.1) is 0 Å². The summed E-state index contributed by atoms with van der Waals surface area (Å²) in [6.07, 6.45) is 1.68. The van der Waals surface area contributed by atoms with Gasteiger partial charge >= 0.3 is 11.7 Å². The van der Waals surface area contributed by atoms with Crippen molar-refractivity contribution in [1.82, 2.24) is 9.13 Å². The topological polar surface area (TPSA) is 53.2 Å². The highest BCUT2D eigenvalue weighted by Crippen LogP contribution is 2.07. The van der Waals surface area contributed by atoms with Crippen LogP contribution in [0.25, 0.3) is 0 Å². The van der Waals surface area contributed by atoms with Gasteiger partial charge < -0.3 is 4.74 Å². The number of ether oxygens (including phenoxy) is 1. The molecule has 0 atom stereocenters. The second-order valence-corrected chi connectivity index (χ2v) is 5.01. The second kappa shape index (κ2) is 4.77. The molecule has 0 amide bonds. The molecule has 0 spiro atoms. The predicted molar refractivity (Wildman–Crippen MR) is 64.9 cm³/mol. The van der Waals surface area contributed by atoms with E-state index in [1.54, 1.807) is 31.5 Å². The van der Waals surface area contributed by atoms with E-state index in [1.165, 1.54) is 4.57 Å². The summed E-state index contributed by atoms with van der Waals surface area (Å²) in [5, 5.41) is 0. The Morgan fingerprint density at radius 1 is 1.41 bits per heavy atom. The SMILES string of the molecule is CCn1c(C)cn(CC(=O)OC(C)(C)C)c1=O. The fourth-order valence-electron chi connectivity index (χ4n) is 1.67. The van der Waals surface area contributed by atoms with Crippen LogP contribution in [0.3, 0.4) is 0 Å². The lowest BCUT2D eigenvalue weighted by atomic mass is 10.2. The van der Waals surface area contributed by atoms with Crippen molar-refractivity contribution in [3.05, 3.63) is 22.4 Å². The van der Waals surface area contributed by atoms with E-state index in [4.69, 9.17) is 4.74 Å². The Kier molecular flexibility index (Phi) is 3.80. The lowest BCUT2D eigenvalue weighted by Gasteiger charge is -2.19. The van der Waals surface area contributed by atoms with Crippen molar-refractivity contribution in [3.8, 4) is 0 Å². The number of carbonyl (C=O) groups is 1. The van der Waals surface area contributed by atoms with Gasteiger partial charge in [-0.1, -0.05) is 0 Å². The summed E-state index contributed by atoms with van der Waals surface area (Å²) in [6, 6.07) is 0. The molecule has 0 aliphatic heterocycles. The quantitative estimate of drug-likeness (QED) is 0.749.